The lowest BCUT2D eigenvalue weighted by Crippen LogP contribution is -2.23. The molecule has 0 amide bonds. The van der Waals surface area contributed by atoms with Crippen LogP contribution in [-0.2, 0) is 13.0 Å². The highest BCUT2D eigenvalue weighted by Gasteiger charge is 2.17. The van der Waals surface area contributed by atoms with E-state index in [0.717, 1.165) is 42.3 Å². The highest BCUT2D eigenvalue weighted by molar-refractivity contribution is 5.92. The van der Waals surface area contributed by atoms with Gasteiger partial charge in [-0.1, -0.05) is 25.1 Å². The molecule has 25 heavy (non-hydrogen) atoms. The number of anilines is 2. The Balaban J connectivity index is 1.72. The van der Waals surface area contributed by atoms with E-state index < -0.39 is 0 Å². The van der Waals surface area contributed by atoms with Gasteiger partial charge in [0.15, 0.2) is 5.96 Å². The van der Waals surface area contributed by atoms with E-state index in [1.807, 2.05) is 25.1 Å². The van der Waals surface area contributed by atoms with Gasteiger partial charge in [-0.05, 0) is 49.9 Å². The van der Waals surface area contributed by atoms with Crippen LogP contribution in [-0.4, -0.2) is 24.0 Å². The van der Waals surface area contributed by atoms with Crippen molar-refractivity contribution < 1.29 is 0 Å². The summed E-state index contributed by atoms with van der Waals surface area (Å²) in [4.78, 5) is 11.6. The average molecular weight is 337 g/mol. The van der Waals surface area contributed by atoms with Crippen LogP contribution in [0.5, 0.6) is 0 Å². The quantitative estimate of drug-likeness (QED) is 0.647. The van der Waals surface area contributed by atoms with Crippen molar-refractivity contribution in [2.24, 2.45) is 10.7 Å². The second-order valence-electron chi connectivity index (χ2n) is 6.51. The number of rotatable bonds is 5. The molecule has 0 spiro atoms. The van der Waals surface area contributed by atoms with E-state index in [4.69, 9.17) is 10.7 Å². The third-order valence-electron chi connectivity index (χ3n) is 4.53. The van der Waals surface area contributed by atoms with Crippen LogP contribution in [0.1, 0.15) is 36.6 Å². The molecular formula is C20H27N5. The Morgan fingerprint density at radius 1 is 1.24 bits per heavy atom. The fraction of sp³-hybridized carbons (Fsp3) is 0.400. The van der Waals surface area contributed by atoms with Crippen molar-refractivity contribution in [2.75, 3.05) is 23.3 Å². The Labute approximate surface area is 150 Å². The highest BCUT2D eigenvalue weighted by Crippen LogP contribution is 2.23. The summed E-state index contributed by atoms with van der Waals surface area (Å²) >= 11 is 0. The molecule has 3 N–H and O–H groups in total. The SMILES string of the molecule is CCc1cccc(NC(N)=NCc2ccc(C)nc2N2CCCC2)c1. The molecule has 5 nitrogen and oxygen atoms in total. The molecule has 0 unspecified atom stereocenters. The van der Waals surface area contributed by atoms with Crippen LogP contribution < -0.4 is 16.0 Å². The maximum absolute atomic E-state index is 6.08. The van der Waals surface area contributed by atoms with E-state index in [9.17, 15) is 0 Å². The average Bonchev–Trinajstić information content (AvgIpc) is 3.15. The predicted molar refractivity (Wildman–Crippen MR) is 105 cm³/mol. The summed E-state index contributed by atoms with van der Waals surface area (Å²) in [5.74, 6) is 1.49. The lowest BCUT2D eigenvalue weighted by atomic mass is 10.1. The van der Waals surface area contributed by atoms with Gasteiger partial charge < -0.3 is 16.0 Å². The monoisotopic (exact) mass is 337 g/mol. The van der Waals surface area contributed by atoms with Crippen LogP contribution in [0.15, 0.2) is 41.4 Å². The summed E-state index contributed by atoms with van der Waals surface area (Å²) in [5.41, 5.74) is 10.5. The van der Waals surface area contributed by atoms with E-state index >= 15 is 0 Å². The van der Waals surface area contributed by atoms with Gasteiger partial charge in [-0.15, -0.1) is 0 Å². The second kappa shape index (κ2) is 8.01. The topological polar surface area (TPSA) is 66.5 Å². The summed E-state index contributed by atoms with van der Waals surface area (Å²) < 4.78 is 0. The summed E-state index contributed by atoms with van der Waals surface area (Å²) in [5, 5.41) is 3.18. The van der Waals surface area contributed by atoms with Gasteiger partial charge in [0.05, 0.1) is 6.54 Å². The normalized spacial score (nSPS) is 14.8. The van der Waals surface area contributed by atoms with E-state index in [1.54, 1.807) is 0 Å². The van der Waals surface area contributed by atoms with Crippen molar-refractivity contribution in [3.63, 3.8) is 0 Å². The second-order valence-corrected chi connectivity index (χ2v) is 6.51. The number of nitrogens with zero attached hydrogens (tertiary/aromatic N) is 3. The van der Waals surface area contributed by atoms with Crippen LogP contribution in [0.25, 0.3) is 0 Å². The van der Waals surface area contributed by atoms with Gasteiger partial charge in [-0.3, -0.25) is 0 Å². The molecule has 0 radical (unpaired) electrons. The smallest absolute Gasteiger partial charge is 0.193 e. The van der Waals surface area contributed by atoms with E-state index in [2.05, 4.69) is 40.3 Å². The third-order valence-corrected chi connectivity index (χ3v) is 4.53. The minimum absolute atomic E-state index is 0.432. The number of guanidine groups is 1. The zero-order valence-corrected chi connectivity index (χ0v) is 15.1. The molecule has 1 aromatic heterocycles. The molecule has 5 heteroatoms. The molecule has 0 bridgehead atoms. The zero-order chi connectivity index (χ0) is 17.6. The molecule has 3 rings (SSSR count). The van der Waals surface area contributed by atoms with Crippen molar-refractivity contribution in [2.45, 2.75) is 39.7 Å². The van der Waals surface area contributed by atoms with E-state index in [-0.39, 0.29) is 0 Å². The summed E-state index contributed by atoms with van der Waals surface area (Å²) in [6.45, 7) is 6.85. The number of aliphatic imine (C=N–C) groups is 1. The van der Waals surface area contributed by atoms with Gasteiger partial charge in [-0.2, -0.15) is 0 Å². The predicted octanol–water partition coefficient (Wildman–Crippen LogP) is 3.48. The van der Waals surface area contributed by atoms with Gasteiger partial charge >= 0.3 is 0 Å². The van der Waals surface area contributed by atoms with Crippen LogP contribution in [0, 0.1) is 6.92 Å². The van der Waals surface area contributed by atoms with Crippen LogP contribution in [0.3, 0.4) is 0 Å². The number of aromatic nitrogens is 1. The Hall–Kier alpha value is -2.56. The van der Waals surface area contributed by atoms with Gasteiger partial charge in [0.1, 0.15) is 5.82 Å². The summed E-state index contributed by atoms with van der Waals surface area (Å²) in [6.07, 6.45) is 3.46. The first-order valence-electron chi connectivity index (χ1n) is 9.03. The summed E-state index contributed by atoms with van der Waals surface area (Å²) in [7, 11) is 0. The van der Waals surface area contributed by atoms with Gasteiger partial charge in [0.2, 0.25) is 0 Å². The third kappa shape index (κ3) is 4.50. The van der Waals surface area contributed by atoms with Crippen molar-refractivity contribution in [1.29, 1.82) is 0 Å². The Kier molecular flexibility index (Phi) is 5.53. The van der Waals surface area contributed by atoms with Gasteiger partial charge in [-0.25, -0.2) is 9.98 Å². The number of nitrogens with two attached hydrogens (primary N) is 1. The van der Waals surface area contributed by atoms with Crippen molar-refractivity contribution in [3.05, 3.63) is 53.2 Å². The Bertz CT molecular complexity index is 748. The van der Waals surface area contributed by atoms with Crippen molar-refractivity contribution in [3.8, 4) is 0 Å². The number of hydrogen-bond acceptors (Lipinski definition) is 3. The number of nitrogens with one attached hydrogen (secondary N) is 1. The van der Waals surface area contributed by atoms with Gasteiger partial charge in [0, 0.05) is 30.0 Å². The first kappa shape index (κ1) is 17.3. The number of pyridine rings is 1. The lowest BCUT2D eigenvalue weighted by Gasteiger charge is -2.20. The molecule has 2 aromatic rings. The zero-order valence-electron chi connectivity index (χ0n) is 15.1. The van der Waals surface area contributed by atoms with Crippen LogP contribution >= 0.6 is 0 Å². The molecule has 1 aliphatic heterocycles. The standard InChI is InChI=1S/C20H27N5/c1-3-16-7-6-8-18(13-16)24-20(21)22-14-17-10-9-15(2)23-19(17)25-11-4-5-12-25/h6-10,13H,3-5,11-12,14H2,1-2H3,(H3,21,22,24). The fourth-order valence-corrected chi connectivity index (χ4v) is 3.12. The lowest BCUT2D eigenvalue weighted by molar-refractivity contribution is 0.898. The minimum atomic E-state index is 0.432. The Morgan fingerprint density at radius 2 is 2.04 bits per heavy atom. The molecule has 132 valence electrons. The van der Waals surface area contributed by atoms with Gasteiger partial charge in [0.25, 0.3) is 0 Å². The molecule has 2 heterocycles. The molecule has 1 saturated heterocycles. The van der Waals surface area contributed by atoms with E-state index in [1.165, 1.54) is 18.4 Å². The summed E-state index contributed by atoms with van der Waals surface area (Å²) in [6, 6.07) is 12.4. The maximum Gasteiger partial charge on any atom is 0.193 e. The van der Waals surface area contributed by atoms with Crippen molar-refractivity contribution >= 4 is 17.5 Å². The number of benzene rings is 1. The van der Waals surface area contributed by atoms with Crippen LogP contribution in [0.2, 0.25) is 0 Å². The van der Waals surface area contributed by atoms with Crippen molar-refractivity contribution in [1.82, 2.24) is 4.98 Å². The molecule has 0 aliphatic carbocycles. The molecule has 0 saturated carbocycles. The first-order chi connectivity index (χ1) is 12.2. The Morgan fingerprint density at radius 3 is 2.80 bits per heavy atom. The first-order valence-corrected chi connectivity index (χ1v) is 9.03. The van der Waals surface area contributed by atoms with E-state index in [0.29, 0.717) is 12.5 Å². The molecule has 1 aliphatic rings. The molecule has 1 aromatic carbocycles. The van der Waals surface area contributed by atoms with Crippen LogP contribution in [0.4, 0.5) is 11.5 Å². The molecule has 0 atom stereocenters. The number of hydrogen-bond donors (Lipinski definition) is 2. The molecular weight excluding hydrogens is 310 g/mol. The molecule has 1 fully saturated rings. The largest absolute Gasteiger partial charge is 0.370 e. The maximum atomic E-state index is 6.08. The fourth-order valence-electron chi connectivity index (χ4n) is 3.12. The minimum Gasteiger partial charge on any atom is -0.370 e. The highest BCUT2D eigenvalue weighted by atomic mass is 15.2. The number of aryl methyl sites for hydroxylation is 2.